The molecule has 0 saturated carbocycles. The zero-order valence-electron chi connectivity index (χ0n) is 8.63. The zero-order chi connectivity index (χ0) is 10.5. The molecular formula is C10H14N4O. The van der Waals surface area contributed by atoms with Crippen LogP contribution in [0.25, 0.3) is 0 Å². The van der Waals surface area contributed by atoms with Gasteiger partial charge in [-0.15, -0.1) is 0 Å². The van der Waals surface area contributed by atoms with E-state index in [-0.39, 0.29) is 0 Å². The molecule has 1 N–H and O–H groups in total. The van der Waals surface area contributed by atoms with Crippen LogP contribution in [0.4, 0.5) is 0 Å². The molecule has 1 atom stereocenters. The molecule has 2 heterocycles. The van der Waals surface area contributed by atoms with Gasteiger partial charge in [0.2, 0.25) is 0 Å². The molecule has 0 aliphatic heterocycles. The van der Waals surface area contributed by atoms with Crippen LogP contribution in [-0.2, 0) is 13.1 Å². The molecule has 0 aromatic carbocycles. The predicted molar refractivity (Wildman–Crippen MR) is 55.0 cm³/mol. The number of nitrogens with one attached hydrogen (secondary N) is 1. The molecule has 1 unspecified atom stereocenters. The lowest BCUT2D eigenvalue weighted by molar-refractivity contribution is 0.416. The average molecular weight is 206 g/mol. The molecule has 0 aliphatic carbocycles. The molecule has 0 fully saturated rings. The highest BCUT2D eigenvalue weighted by Gasteiger charge is 2.03. The van der Waals surface area contributed by atoms with E-state index in [4.69, 9.17) is 4.52 Å². The van der Waals surface area contributed by atoms with Crippen molar-refractivity contribution in [3.63, 3.8) is 0 Å². The first-order chi connectivity index (χ1) is 7.34. The van der Waals surface area contributed by atoms with Gasteiger partial charge in [-0.05, 0) is 13.0 Å². The van der Waals surface area contributed by atoms with Gasteiger partial charge < -0.3 is 9.84 Å². The SMILES string of the molecule is CC(Cn1cccn1)NCc1cnoc1. The van der Waals surface area contributed by atoms with E-state index in [1.165, 1.54) is 0 Å². The van der Waals surface area contributed by atoms with Gasteiger partial charge in [0.25, 0.3) is 0 Å². The normalized spacial score (nSPS) is 12.9. The first kappa shape index (κ1) is 9.92. The van der Waals surface area contributed by atoms with Gasteiger partial charge in [0.15, 0.2) is 0 Å². The lowest BCUT2D eigenvalue weighted by atomic mass is 10.3. The Balaban J connectivity index is 1.76. The summed E-state index contributed by atoms with van der Waals surface area (Å²) in [6, 6.07) is 2.28. The van der Waals surface area contributed by atoms with E-state index < -0.39 is 0 Å². The molecule has 5 heteroatoms. The monoisotopic (exact) mass is 206 g/mol. The van der Waals surface area contributed by atoms with Crippen molar-refractivity contribution < 1.29 is 4.52 Å². The summed E-state index contributed by atoms with van der Waals surface area (Å²) in [5, 5.41) is 11.2. The van der Waals surface area contributed by atoms with Gasteiger partial charge in [-0.3, -0.25) is 4.68 Å². The molecule has 0 saturated heterocycles. The first-order valence-electron chi connectivity index (χ1n) is 4.93. The quantitative estimate of drug-likeness (QED) is 0.794. The summed E-state index contributed by atoms with van der Waals surface area (Å²) >= 11 is 0. The van der Waals surface area contributed by atoms with E-state index in [1.807, 2.05) is 16.9 Å². The van der Waals surface area contributed by atoms with Gasteiger partial charge in [-0.2, -0.15) is 5.10 Å². The predicted octanol–water partition coefficient (Wildman–Crippen LogP) is 1.05. The molecule has 2 aromatic heterocycles. The summed E-state index contributed by atoms with van der Waals surface area (Å²) in [7, 11) is 0. The Hall–Kier alpha value is -1.62. The van der Waals surface area contributed by atoms with Gasteiger partial charge in [0.1, 0.15) is 6.26 Å². The highest BCUT2D eigenvalue weighted by atomic mass is 16.5. The van der Waals surface area contributed by atoms with Crippen LogP contribution < -0.4 is 5.32 Å². The Morgan fingerprint density at radius 1 is 1.60 bits per heavy atom. The molecule has 15 heavy (non-hydrogen) atoms. The molecule has 0 radical (unpaired) electrons. The van der Waals surface area contributed by atoms with Crippen LogP contribution in [0.2, 0.25) is 0 Å². The number of hydrogen-bond donors (Lipinski definition) is 1. The topological polar surface area (TPSA) is 55.9 Å². The molecule has 2 rings (SSSR count). The number of nitrogens with zero attached hydrogens (tertiary/aromatic N) is 3. The summed E-state index contributed by atoms with van der Waals surface area (Å²) in [5.74, 6) is 0. The molecule has 0 aliphatic rings. The minimum Gasteiger partial charge on any atom is -0.364 e. The largest absolute Gasteiger partial charge is 0.364 e. The van der Waals surface area contributed by atoms with Crippen molar-refractivity contribution in [3.8, 4) is 0 Å². The minimum atomic E-state index is 0.361. The molecular weight excluding hydrogens is 192 g/mol. The van der Waals surface area contributed by atoms with Crippen LogP contribution in [0.15, 0.2) is 35.4 Å². The van der Waals surface area contributed by atoms with Crippen LogP contribution >= 0.6 is 0 Å². The Labute approximate surface area is 88.1 Å². The fraction of sp³-hybridized carbons (Fsp3) is 0.400. The van der Waals surface area contributed by atoms with E-state index in [1.54, 1.807) is 18.7 Å². The molecule has 0 bridgehead atoms. The third-order valence-electron chi connectivity index (χ3n) is 2.16. The van der Waals surface area contributed by atoms with Gasteiger partial charge in [0.05, 0.1) is 12.7 Å². The van der Waals surface area contributed by atoms with Crippen LogP contribution in [0.1, 0.15) is 12.5 Å². The maximum Gasteiger partial charge on any atom is 0.128 e. The third kappa shape index (κ3) is 2.92. The highest BCUT2D eigenvalue weighted by molar-refractivity contribution is 4.99. The van der Waals surface area contributed by atoms with Gasteiger partial charge in [-0.25, -0.2) is 0 Å². The molecule has 5 nitrogen and oxygen atoms in total. The van der Waals surface area contributed by atoms with Crippen molar-refractivity contribution in [1.82, 2.24) is 20.3 Å². The Morgan fingerprint density at radius 2 is 2.53 bits per heavy atom. The fourth-order valence-corrected chi connectivity index (χ4v) is 1.36. The van der Waals surface area contributed by atoms with E-state index in [9.17, 15) is 0 Å². The lowest BCUT2D eigenvalue weighted by Crippen LogP contribution is -2.29. The Kier molecular flexibility index (Phi) is 3.14. The van der Waals surface area contributed by atoms with E-state index in [0.29, 0.717) is 6.04 Å². The van der Waals surface area contributed by atoms with E-state index >= 15 is 0 Å². The van der Waals surface area contributed by atoms with Crippen molar-refractivity contribution in [1.29, 1.82) is 0 Å². The van der Waals surface area contributed by atoms with Crippen LogP contribution in [-0.4, -0.2) is 21.0 Å². The molecule has 80 valence electrons. The third-order valence-corrected chi connectivity index (χ3v) is 2.16. The second-order valence-corrected chi connectivity index (χ2v) is 3.54. The lowest BCUT2D eigenvalue weighted by Gasteiger charge is -2.12. The second-order valence-electron chi connectivity index (χ2n) is 3.54. The second kappa shape index (κ2) is 4.75. The molecule has 0 amide bonds. The minimum absolute atomic E-state index is 0.361. The van der Waals surface area contributed by atoms with Crippen molar-refractivity contribution in [2.45, 2.75) is 26.1 Å². The average Bonchev–Trinajstić information content (AvgIpc) is 2.86. The summed E-state index contributed by atoms with van der Waals surface area (Å²) in [4.78, 5) is 0. The van der Waals surface area contributed by atoms with Gasteiger partial charge in [-0.1, -0.05) is 5.16 Å². The van der Waals surface area contributed by atoms with Crippen molar-refractivity contribution >= 4 is 0 Å². The summed E-state index contributed by atoms with van der Waals surface area (Å²) < 4.78 is 6.65. The zero-order valence-corrected chi connectivity index (χ0v) is 8.63. The maximum absolute atomic E-state index is 4.75. The number of hydrogen-bond acceptors (Lipinski definition) is 4. The van der Waals surface area contributed by atoms with Crippen molar-refractivity contribution in [2.75, 3.05) is 0 Å². The fourth-order valence-electron chi connectivity index (χ4n) is 1.36. The summed E-state index contributed by atoms with van der Waals surface area (Å²) in [6.45, 7) is 3.75. The van der Waals surface area contributed by atoms with Crippen molar-refractivity contribution in [2.24, 2.45) is 0 Å². The van der Waals surface area contributed by atoms with E-state index in [2.05, 4.69) is 22.5 Å². The van der Waals surface area contributed by atoms with Gasteiger partial charge in [0, 0.05) is 30.5 Å². The highest BCUT2D eigenvalue weighted by Crippen LogP contribution is 1.97. The van der Waals surface area contributed by atoms with E-state index in [0.717, 1.165) is 18.7 Å². The molecule has 0 spiro atoms. The smallest absolute Gasteiger partial charge is 0.128 e. The molecule has 2 aromatic rings. The van der Waals surface area contributed by atoms with Gasteiger partial charge >= 0.3 is 0 Å². The maximum atomic E-state index is 4.75. The van der Waals surface area contributed by atoms with Crippen LogP contribution in [0.5, 0.6) is 0 Å². The summed E-state index contributed by atoms with van der Waals surface area (Å²) in [5.41, 5.74) is 1.06. The summed E-state index contributed by atoms with van der Waals surface area (Å²) in [6.07, 6.45) is 7.10. The Bertz CT molecular complexity index is 368. The van der Waals surface area contributed by atoms with Crippen LogP contribution in [0, 0.1) is 0 Å². The Morgan fingerprint density at radius 3 is 3.20 bits per heavy atom. The number of rotatable bonds is 5. The number of aromatic nitrogens is 3. The first-order valence-corrected chi connectivity index (χ1v) is 4.93. The standard InChI is InChI=1S/C10H14N4O/c1-9(7-14-4-2-3-12-14)11-5-10-6-13-15-8-10/h2-4,6,8-9,11H,5,7H2,1H3. The van der Waals surface area contributed by atoms with Crippen LogP contribution in [0.3, 0.4) is 0 Å². The van der Waals surface area contributed by atoms with Crippen molar-refractivity contribution in [3.05, 3.63) is 36.5 Å².